The summed E-state index contributed by atoms with van der Waals surface area (Å²) >= 11 is 0. The summed E-state index contributed by atoms with van der Waals surface area (Å²) in [5.74, 6) is 2.42. The second-order valence-electron chi connectivity index (χ2n) is 4.28. The van der Waals surface area contributed by atoms with Crippen LogP contribution in [0.3, 0.4) is 0 Å². The minimum absolute atomic E-state index is 0.634. The van der Waals surface area contributed by atoms with Crippen molar-refractivity contribution in [3.8, 4) is 11.5 Å². The standard InChI is InChI=1S/C14H21N3O2/c1-3-19-12-6-5-11(9-13(12)18-2)10-17-14-15-7-4-8-16-14/h5-6,9H,3-4,7-8,10H2,1-2H3,(H2,15,16,17). The Morgan fingerprint density at radius 1 is 1.37 bits per heavy atom. The molecule has 0 atom stereocenters. The van der Waals surface area contributed by atoms with Gasteiger partial charge < -0.3 is 20.1 Å². The molecular weight excluding hydrogens is 242 g/mol. The van der Waals surface area contributed by atoms with Crippen molar-refractivity contribution < 1.29 is 9.47 Å². The average molecular weight is 263 g/mol. The molecule has 0 aromatic heterocycles. The van der Waals surface area contributed by atoms with Crippen molar-refractivity contribution in [2.24, 2.45) is 4.99 Å². The molecule has 1 aliphatic heterocycles. The van der Waals surface area contributed by atoms with Crippen LogP contribution in [0.4, 0.5) is 0 Å². The summed E-state index contributed by atoms with van der Waals surface area (Å²) in [7, 11) is 1.65. The molecule has 1 heterocycles. The lowest BCUT2D eigenvalue weighted by atomic mass is 10.2. The van der Waals surface area contributed by atoms with Crippen LogP contribution in [0.25, 0.3) is 0 Å². The number of methoxy groups -OCH3 is 1. The predicted octanol–water partition coefficient (Wildman–Crippen LogP) is 1.53. The molecule has 0 spiro atoms. The van der Waals surface area contributed by atoms with Crippen LogP contribution in [0.5, 0.6) is 11.5 Å². The van der Waals surface area contributed by atoms with Crippen molar-refractivity contribution in [3.05, 3.63) is 23.8 Å². The zero-order valence-corrected chi connectivity index (χ0v) is 11.5. The molecule has 1 aromatic rings. The molecule has 0 amide bonds. The van der Waals surface area contributed by atoms with Crippen molar-refractivity contribution in [3.63, 3.8) is 0 Å². The predicted molar refractivity (Wildman–Crippen MR) is 75.9 cm³/mol. The first-order valence-corrected chi connectivity index (χ1v) is 6.65. The summed E-state index contributed by atoms with van der Waals surface area (Å²) in [5.41, 5.74) is 1.13. The molecule has 1 aromatic carbocycles. The number of benzene rings is 1. The van der Waals surface area contributed by atoms with Gasteiger partial charge in [-0.2, -0.15) is 0 Å². The quantitative estimate of drug-likeness (QED) is 0.846. The Bertz CT molecular complexity index is 446. The molecule has 0 saturated heterocycles. The third-order valence-electron chi connectivity index (χ3n) is 2.89. The first-order valence-electron chi connectivity index (χ1n) is 6.65. The number of guanidine groups is 1. The fourth-order valence-electron chi connectivity index (χ4n) is 1.93. The Labute approximate surface area is 114 Å². The van der Waals surface area contributed by atoms with Gasteiger partial charge >= 0.3 is 0 Å². The number of nitrogens with one attached hydrogen (secondary N) is 2. The van der Waals surface area contributed by atoms with Gasteiger partial charge in [-0.05, 0) is 31.0 Å². The van der Waals surface area contributed by atoms with E-state index in [1.807, 2.05) is 25.1 Å². The fraction of sp³-hybridized carbons (Fsp3) is 0.500. The highest BCUT2D eigenvalue weighted by Crippen LogP contribution is 2.27. The van der Waals surface area contributed by atoms with Gasteiger partial charge in [0.1, 0.15) is 0 Å². The second-order valence-corrected chi connectivity index (χ2v) is 4.28. The van der Waals surface area contributed by atoms with Crippen LogP contribution in [0.15, 0.2) is 23.2 Å². The molecule has 19 heavy (non-hydrogen) atoms. The lowest BCUT2D eigenvalue weighted by Gasteiger charge is -2.16. The van der Waals surface area contributed by atoms with Gasteiger partial charge in [0.2, 0.25) is 0 Å². The maximum Gasteiger partial charge on any atom is 0.191 e. The number of nitrogens with zero attached hydrogens (tertiary/aromatic N) is 1. The van der Waals surface area contributed by atoms with Gasteiger partial charge in [0.15, 0.2) is 17.5 Å². The molecule has 2 N–H and O–H groups in total. The maximum absolute atomic E-state index is 5.50. The lowest BCUT2D eigenvalue weighted by Crippen LogP contribution is -2.40. The summed E-state index contributed by atoms with van der Waals surface area (Å²) in [6.45, 7) is 5.19. The zero-order chi connectivity index (χ0) is 13.5. The number of hydrogen-bond acceptors (Lipinski definition) is 5. The average Bonchev–Trinajstić information content (AvgIpc) is 2.47. The van der Waals surface area contributed by atoms with E-state index in [1.165, 1.54) is 0 Å². The number of hydrogen-bond donors (Lipinski definition) is 2. The van der Waals surface area contributed by atoms with E-state index in [2.05, 4.69) is 15.6 Å². The summed E-state index contributed by atoms with van der Waals surface area (Å²) in [4.78, 5) is 4.37. The Balaban J connectivity index is 1.98. The first-order chi connectivity index (χ1) is 9.33. The molecule has 0 fully saturated rings. The second kappa shape index (κ2) is 6.87. The van der Waals surface area contributed by atoms with Gasteiger partial charge in [0.05, 0.1) is 13.7 Å². The smallest absolute Gasteiger partial charge is 0.191 e. The van der Waals surface area contributed by atoms with E-state index < -0.39 is 0 Å². The maximum atomic E-state index is 5.50. The molecule has 0 unspecified atom stereocenters. The van der Waals surface area contributed by atoms with E-state index in [0.29, 0.717) is 13.2 Å². The van der Waals surface area contributed by atoms with Crippen LogP contribution in [0.1, 0.15) is 18.9 Å². The summed E-state index contributed by atoms with van der Waals surface area (Å²) in [6, 6.07) is 5.96. The van der Waals surface area contributed by atoms with Crippen molar-refractivity contribution in [2.75, 3.05) is 26.8 Å². The number of ether oxygens (including phenoxy) is 2. The number of aliphatic imine (C=N–C) groups is 1. The molecule has 0 bridgehead atoms. The molecule has 0 aliphatic carbocycles. The third kappa shape index (κ3) is 3.77. The van der Waals surface area contributed by atoms with E-state index >= 15 is 0 Å². The van der Waals surface area contributed by atoms with Gasteiger partial charge in [-0.25, -0.2) is 0 Å². The fourth-order valence-corrected chi connectivity index (χ4v) is 1.93. The highest BCUT2D eigenvalue weighted by Gasteiger charge is 2.07. The minimum Gasteiger partial charge on any atom is -0.493 e. The topological polar surface area (TPSA) is 54.9 Å². The van der Waals surface area contributed by atoms with Crippen LogP contribution < -0.4 is 20.1 Å². The van der Waals surface area contributed by atoms with Crippen LogP contribution in [0.2, 0.25) is 0 Å². The number of rotatable bonds is 5. The van der Waals surface area contributed by atoms with E-state index in [4.69, 9.17) is 9.47 Å². The van der Waals surface area contributed by atoms with Gasteiger partial charge in [-0.15, -0.1) is 0 Å². The summed E-state index contributed by atoms with van der Waals surface area (Å²) in [5, 5.41) is 6.52. The van der Waals surface area contributed by atoms with Gasteiger partial charge in [0, 0.05) is 19.6 Å². The zero-order valence-electron chi connectivity index (χ0n) is 11.5. The normalized spacial score (nSPS) is 14.3. The van der Waals surface area contributed by atoms with Gasteiger partial charge in [-0.3, -0.25) is 4.99 Å². The molecule has 1 aliphatic rings. The van der Waals surface area contributed by atoms with E-state index in [9.17, 15) is 0 Å². The SMILES string of the molecule is CCOc1ccc(CNC2=NCCCN2)cc1OC. The molecule has 2 rings (SSSR count). The highest BCUT2D eigenvalue weighted by atomic mass is 16.5. The molecule has 104 valence electrons. The first kappa shape index (κ1) is 13.5. The van der Waals surface area contributed by atoms with Crippen LogP contribution in [-0.2, 0) is 6.54 Å². The monoisotopic (exact) mass is 263 g/mol. The van der Waals surface area contributed by atoms with Gasteiger partial charge in [-0.1, -0.05) is 6.07 Å². The van der Waals surface area contributed by atoms with Crippen molar-refractivity contribution >= 4 is 5.96 Å². The molecule has 0 radical (unpaired) electrons. The van der Waals surface area contributed by atoms with Crippen LogP contribution in [0, 0.1) is 0 Å². The minimum atomic E-state index is 0.634. The summed E-state index contributed by atoms with van der Waals surface area (Å²) < 4.78 is 10.8. The van der Waals surface area contributed by atoms with Crippen molar-refractivity contribution in [2.45, 2.75) is 19.9 Å². The van der Waals surface area contributed by atoms with E-state index in [1.54, 1.807) is 7.11 Å². The lowest BCUT2D eigenvalue weighted by molar-refractivity contribution is 0.310. The van der Waals surface area contributed by atoms with E-state index in [-0.39, 0.29) is 0 Å². The van der Waals surface area contributed by atoms with E-state index in [0.717, 1.165) is 42.5 Å². The Kier molecular flexibility index (Phi) is 4.89. The van der Waals surface area contributed by atoms with Crippen LogP contribution >= 0.6 is 0 Å². The molecule has 5 nitrogen and oxygen atoms in total. The Morgan fingerprint density at radius 3 is 2.95 bits per heavy atom. The Morgan fingerprint density at radius 2 is 2.26 bits per heavy atom. The summed E-state index contributed by atoms with van der Waals surface area (Å²) in [6.07, 6.45) is 1.10. The largest absolute Gasteiger partial charge is 0.493 e. The molecule has 0 saturated carbocycles. The molecular formula is C14H21N3O2. The molecule has 5 heteroatoms. The third-order valence-corrected chi connectivity index (χ3v) is 2.89. The van der Waals surface area contributed by atoms with Gasteiger partial charge in [0.25, 0.3) is 0 Å². The van der Waals surface area contributed by atoms with Crippen LogP contribution in [-0.4, -0.2) is 32.8 Å². The Hall–Kier alpha value is -1.91. The highest BCUT2D eigenvalue weighted by molar-refractivity contribution is 5.80. The van der Waals surface area contributed by atoms with Crippen molar-refractivity contribution in [1.29, 1.82) is 0 Å². The van der Waals surface area contributed by atoms with Crippen molar-refractivity contribution in [1.82, 2.24) is 10.6 Å².